The Labute approximate surface area is 202 Å². The lowest BCUT2D eigenvalue weighted by molar-refractivity contribution is -0.129. The standard InChI is InChI=1S/C27H37N5O2/c1-20-7-8-23(17-21(20)2)30-27(34)32-16-11-24-25(19-32)31(18-22-9-13-28-14-10-22)15-6-4-3-5-12-29-26(24)33/h7-10,13-14,17,24-25H,3-6,11-12,15-16,18-19H2,1-2H3,(H,29,33)(H,30,34)/t24-,25+/m0/s1. The summed E-state index contributed by atoms with van der Waals surface area (Å²) in [5.74, 6) is 0.00597. The molecule has 2 aliphatic rings. The topological polar surface area (TPSA) is 77.6 Å². The maximum atomic E-state index is 13.2. The van der Waals surface area contributed by atoms with Gasteiger partial charge < -0.3 is 15.5 Å². The molecular formula is C27H37N5O2. The minimum atomic E-state index is -0.120. The third kappa shape index (κ3) is 6.14. The quantitative estimate of drug-likeness (QED) is 0.718. The Bertz CT molecular complexity index is 980. The van der Waals surface area contributed by atoms with Crippen molar-refractivity contribution in [3.63, 3.8) is 0 Å². The van der Waals surface area contributed by atoms with Crippen LogP contribution in [0.2, 0.25) is 0 Å². The summed E-state index contributed by atoms with van der Waals surface area (Å²) in [6, 6.07) is 9.94. The number of amides is 3. The first-order chi connectivity index (χ1) is 16.5. The van der Waals surface area contributed by atoms with Gasteiger partial charge in [0.15, 0.2) is 0 Å². The summed E-state index contributed by atoms with van der Waals surface area (Å²) in [4.78, 5) is 34.8. The largest absolute Gasteiger partial charge is 0.356 e. The molecule has 7 nitrogen and oxygen atoms in total. The van der Waals surface area contributed by atoms with E-state index in [1.807, 2.05) is 47.6 Å². The summed E-state index contributed by atoms with van der Waals surface area (Å²) < 4.78 is 0. The number of hydrogen-bond donors (Lipinski definition) is 2. The fraction of sp³-hybridized carbons (Fsp3) is 0.519. The Morgan fingerprint density at radius 1 is 1.06 bits per heavy atom. The predicted molar refractivity (Wildman–Crippen MR) is 135 cm³/mol. The highest BCUT2D eigenvalue weighted by molar-refractivity contribution is 5.90. The van der Waals surface area contributed by atoms with E-state index < -0.39 is 0 Å². The van der Waals surface area contributed by atoms with E-state index in [2.05, 4.69) is 34.4 Å². The fourth-order valence-corrected chi connectivity index (χ4v) is 5.03. The second-order valence-corrected chi connectivity index (χ2v) is 9.67. The third-order valence-electron chi connectivity index (χ3n) is 7.24. The number of carbonyl (C=O) groups is 2. The van der Waals surface area contributed by atoms with E-state index in [4.69, 9.17) is 0 Å². The molecule has 3 heterocycles. The van der Waals surface area contributed by atoms with Crippen LogP contribution in [0.5, 0.6) is 0 Å². The van der Waals surface area contributed by atoms with Crippen LogP contribution in [-0.2, 0) is 11.3 Å². The van der Waals surface area contributed by atoms with E-state index in [1.165, 1.54) is 11.1 Å². The van der Waals surface area contributed by atoms with Crippen molar-refractivity contribution in [2.24, 2.45) is 5.92 Å². The fourth-order valence-electron chi connectivity index (χ4n) is 5.03. The van der Waals surface area contributed by atoms with Crippen LogP contribution in [0.25, 0.3) is 0 Å². The SMILES string of the molecule is Cc1ccc(NC(=O)N2CC[C@@H]3C(=O)NCCCCCCN(Cc4ccncc4)[C@@H]3C2)cc1C. The van der Waals surface area contributed by atoms with Crippen molar-refractivity contribution < 1.29 is 9.59 Å². The molecule has 2 aliphatic heterocycles. The van der Waals surface area contributed by atoms with Gasteiger partial charge in [0, 0.05) is 50.3 Å². The van der Waals surface area contributed by atoms with E-state index in [0.717, 1.165) is 56.6 Å². The van der Waals surface area contributed by atoms with Crippen molar-refractivity contribution in [2.45, 2.75) is 58.5 Å². The number of piperidine rings is 1. The van der Waals surface area contributed by atoms with Gasteiger partial charge in [-0.25, -0.2) is 4.79 Å². The molecule has 2 aromatic rings. The van der Waals surface area contributed by atoms with Gasteiger partial charge in [-0.2, -0.15) is 0 Å². The number of nitrogens with one attached hydrogen (secondary N) is 2. The zero-order valence-corrected chi connectivity index (χ0v) is 20.4. The molecule has 4 rings (SSSR count). The monoisotopic (exact) mass is 463 g/mol. The summed E-state index contributed by atoms with van der Waals surface area (Å²) in [5, 5.41) is 6.24. The highest BCUT2D eigenvalue weighted by Gasteiger charge is 2.39. The zero-order valence-electron chi connectivity index (χ0n) is 20.4. The lowest BCUT2D eigenvalue weighted by Gasteiger charge is -2.43. The number of anilines is 1. The van der Waals surface area contributed by atoms with Crippen LogP contribution in [0.15, 0.2) is 42.7 Å². The van der Waals surface area contributed by atoms with Gasteiger partial charge in [0.2, 0.25) is 5.91 Å². The first-order valence-corrected chi connectivity index (χ1v) is 12.5. The van der Waals surface area contributed by atoms with Crippen LogP contribution in [0.4, 0.5) is 10.5 Å². The van der Waals surface area contributed by atoms with Gasteiger partial charge in [0.05, 0.1) is 5.92 Å². The number of nitrogens with zero attached hydrogens (tertiary/aromatic N) is 3. The second-order valence-electron chi connectivity index (χ2n) is 9.67. The van der Waals surface area contributed by atoms with Crippen molar-refractivity contribution >= 4 is 17.6 Å². The summed E-state index contributed by atoms with van der Waals surface area (Å²) in [6.07, 6.45) is 8.70. The van der Waals surface area contributed by atoms with E-state index >= 15 is 0 Å². The van der Waals surface area contributed by atoms with Crippen LogP contribution < -0.4 is 10.6 Å². The average Bonchev–Trinajstić information content (AvgIpc) is 2.87. The lowest BCUT2D eigenvalue weighted by atomic mass is 9.89. The van der Waals surface area contributed by atoms with E-state index in [1.54, 1.807) is 0 Å². The summed E-state index contributed by atoms with van der Waals surface area (Å²) in [6.45, 7) is 7.65. The minimum Gasteiger partial charge on any atom is -0.356 e. The minimum absolute atomic E-state index is 0.0227. The second kappa shape index (κ2) is 11.5. The molecule has 0 unspecified atom stereocenters. The van der Waals surface area contributed by atoms with E-state index in [9.17, 15) is 9.59 Å². The predicted octanol–water partition coefficient (Wildman–Crippen LogP) is 4.11. The van der Waals surface area contributed by atoms with Gasteiger partial charge in [-0.1, -0.05) is 18.9 Å². The van der Waals surface area contributed by atoms with Crippen molar-refractivity contribution in [3.05, 3.63) is 59.4 Å². The van der Waals surface area contributed by atoms with Crippen molar-refractivity contribution in [1.29, 1.82) is 0 Å². The maximum absolute atomic E-state index is 13.2. The van der Waals surface area contributed by atoms with E-state index in [-0.39, 0.29) is 23.9 Å². The molecular weight excluding hydrogens is 426 g/mol. The normalized spacial score (nSPS) is 22.3. The Kier molecular flexibility index (Phi) is 8.16. The number of fused-ring (bicyclic) bond motifs is 1. The molecule has 0 saturated carbocycles. The molecule has 182 valence electrons. The third-order valence-corrected chi connectivity index (χ3v) is 7.24. The van der Waals surface area contributed by atoms with Crippen molar-refractivity contribution in [3.8, 4) is 0 Å². The molecule has 2 N–H and O–H groups in total. The molecule has 2 saturated heterocycles. The Morgan fingerprint density at radius 3 is 2.65 bits per heavy atom. The number of rotatable bonds is 3. The van der Waals surface area contributed by atoms with E-state index in [0.29, 0.717) is 19.5 Å². The Hall–Kier alpha value is -2.93. The number of hydrogen-bond acceptors (Lipinski definition) is 4. The van der Waals surface area contributed by atoms with Crippen LogP contribution in [0, 0.1) is 19.8 Å². The molecule has 2 atom stereocenters. The smallest absolute Gasteiger partial charge is 0.321 e. The number of aryl methyl sites for hydroxylation is 2. The van der Waals surface area contributed by atoms with Gasteiger partial charge in [-0.05, 0) is 80.6 Å². The van der Waals surface area contributed by atoms with Crippen LogP contribution in [0.3, 0.4) is 0 Å². The highest BCUT2D eigenvalue weighted by atomic mass is 16.2. The number of aromatic nitrogens is 1. The molecule has 1 aromatic carbocycles. The summed E-state index contributed by atoms with van der Waals surface area (Å²) >= 11 is 0. The molecule has 1 aromatic heterocycles. The van der Waals surface area contributed by atoms with Gasteiger partial charge in [-0.15, -0.1) is 0 Å². The summed E-state index contributed by atoms with van der Waals surface area (Å²) in [5.41, 5.74) is 4.35. The number of pyridine rings is 1. The zero-order chi connectivity index (χ0) is 23.9. The molecule has 0 aliphatic carbocycles. The molecule has 3 amide bonds. The van der Waals surface area contributed by atoms with Gasteiger partial charge in [0.1, 0.15) is 0 Å². The number of benzene rings is 1. The first kappa shape index (κ1) is 24.2. The molecule has 0 radical (unpaired) electrons. The van der Waals surface area contributed by atoms with Gasteiger partial charge in [-0.3, -0.25) is 14.7 Å². The molecule has 0 bridgehead atoms. The van der Waals surface area contributed by atoms with Gasteiger partial charge in [0.25, 0.3) is 0 Å². The van der Waals surface area contributed by atoms with Crippen LogP contribution in [0.1, 0.15) is 48.8 Å². The molecule has 2 fully saturated rings. The maximum Gasteiger partial charge on any atom is 0.321 e. The Balaban J connectivity index is 1.54. The lowest BCUT2D eigenvalue weighted by Crippen LogP contribution is -2.58. The highest BCUT2D eigenvalue weighted by Crippen LogP contribution is 2.27. The number of carbonyl (C=O) groups excluding carboxylic acids is 2. The molecule has 7 heteroatoms. The van der Waals surface area contributed by atoms with Gasteiger partial charge >= 0.3 is 6.03 Å². The number of urea groups is 1. The summed E-state index contributed by atoms with van der Waals surface area (Å²) in [7, 11) is 0. The first-order valence-electron chi connectivity index (χ1n) is 12.5. The van der Waals surface area contributed by atoms with Crippen LogP contribution >= 0.6 is 0 Å². The van der Waals surface area contributed by atoms with Crippen LogP contribution in [-0.4, -0.2) is 58.9 Å². The van der Waals surface area contributed by atoms with Crippen molar-refractivity contribution in [2.75, 3.05) is 31.5 Å². The average molecular weight is 464 g/mol. The molecule has 0 spiro atoms. The molecule has 34 heavy (non-hydrogen) atoms. The van der Waals surface area contributed by atoms with Crippen molar-refractivity contribution in [1.82, 2.24) is 20.1 Å². The number of likely N-dealkylation sites (tertiary alicyclic amines) is 1. The Morgan fingerprint density at radius 2 is 1.85 bits per heavy atom.